The number of anilines is 2. The fraction of sp³-hybridized carbons (Fsp3) is 0.240. The molecule has 0 saturated carbocycles. The lowest BCUT2D eigenvalue weighted by molar-refractivity contribution is 0.102. The van der Waals surface area contributed by atoms with Crippen molar-refractivity contribution in [2.75, 3.05) is 11.1 Å². The number of nitrogens with zero attached hydrogens (tertiary/aromatic N) is 3. The van der Waals surface area contributed by atoms with Gasteiger partial charge in [-0.2, -0.15) is 0 Å². The van der Waals surface area contributed by atoms with E-state index in [1.165, 1.54) is 34.2 Å². The van der Waals surface area contributed by atoms with E-state index < -0.39 is 0 Å². The van der Waals surface area contributed by atoms with Gasteiger partial charge in [-0.25, -0.2) is 0 Å². The van der Waals surface area contributed by atoms with Crippen LogP contribution < -0.4 is 5.32 Å². The summed E-state index contributed by atoms with van der Waals surface area (Å²) >= 11 is 2.89. The number of carbonyl (C=O) groups excluding carboxylic acids is 1. The molecule has 0 spiro atoms. The lowest BCUT2D eigenvalue weighted by atomic mass is 10.1. The van der Waals surface area contributed by atoms with Crippen LogP contribution in [0.1, 0.15) is 38.4 Å². The molecule has 2 aromatic heterocycles. The molecule has 32 heavy (non-hydrogen) atoms. The number of rotatable bonds is 7. The minimum Gasteiger partial charge on any atom is -0.330 e. The smallest absolute Gasteiger partial charge is 0.210 e. The molecule has 164 valence electrons. The Labute approximate surface area is 196 Å². The Hall–Kier alpha value is -2.90. The number of aromatic nitrogens is 3. The average molecular weight is 463 g/mol. The van der Waals surface area contributed by atoms with Crippen molar-refractivity contribution in [3.63, 3.8) is 0 Å². The first-order valence-corrected chi connectivity index (χ1v) is 12.2. The molecule has 0 aliphatic heterocycles. The molecule has 1 N–H and O–H groups in total. The number of hydrogen-bond acceptors (Lipinski definition) is 6. The van der Waals surface area contributed by atoms with Crippen LogP contribution in [-0.2, 0) is 0 Å². The Kier molecular flexibility index (Phi) is 6.48. The predicted octanol–water partition coefficient (Wildman–Crippen LogP) is 6.59. The number of aryl methyl sites for hydroxylation is 4. The van der Waals surface area contributed by atoms with E-state index in [0.29, 0.717) is 5.75 Å². The Morgan fingerprint density at radius 2 is 1.75 bits per heavy atom. The number of ketones is 1. The maximum atomic E-state index is 13.0. The van der Waals surface area contributed by atoms with Gasteiger partial charge in [-0.05, 0) is 75.6 Å². The van der Waals surface area contributed by atoms with Gasteiger partial charge in [0, 0.05) is 28.3 Å². The van der Waals surface area contributed by atoms with Gasteiger partial charge in [-0.15, -0.1) is 10.2 Å². The largest absolute Gasteiger partial charge is 0.330 e. The Balaban J connectivity index is 1.45. The Bertz CT molecular complexity index is 1290. The van der Waals surface area contributed by atoms with E-state index in [1.54, 1.807) is 0 Å². The second-order valence-corrected chi connectivity index (χ2v) is 10.1. The zero-order valence-electron chi connectivity index (χ0n) is 18.9. The standard InChI is InChI=1S/C25H26N4OS2/c1-15-10-11-20(12-17(15)3)29-18(4)13-21(19(29)5)23(30)14-31-25-28-27-24(32-25)26-22-9-7-6-8-16(22)2/h6-13H,14H2,1-5H3,(H,26,27). The van der Waals surface area contributed by atoms with Gasteiger partial charge in [0.15, 0.2) is 10.1 Å². The van der Waals surface area contributed by atoms with Crippen LogP contribution in [0.4, 0.5) is 10.8 Å². The van der Waals surface area contributed by atoms with Gasteiger partial charge in [0.25, 0.3) is 0 Å². The van der Waals surface area contributed by atoms with Crippen molar-refractivity contribution < 1.29 is 4.79 Å². The second kappa shape index (κ2) is 9.30. The molecule has 0 aliphatic rings. The van der Waals surface area contributed by atoms with Crippen molar-refractivity contribution in [3.8, 4) is 5.69 Å². The van der Waals surface area contributed by atoms with Gasteiger partial charge >= 0.3 is 0 Å². The zero-order chi connectivity index (χ0) is 22.8. The van der Waals surface area contributed by atoms with Crippen molar-refractivity contribution in [2.45, 2.75) is 39.0 Å². The molecule has 0 atom stereocenters. The molecule has 5 nitrogen and oxygen atoms in total. The summed E-state index contributed by atoms with van der Waals surface area (Å²) in [5.74, 6) is 0.428. The maximum Gasteiger partial charge on any atom is 0.210 e. The fourth-order valence-corrected chi connectivity index (χ4v) is 5.31. The molecule has 0 bridgehead atoms. The molecule has 0 radical (unpaired) electrons. The number of carbonyl (C=O) groups is 1. The van der Waals surface area contributed by atoms with E-state index in [0.717, 1.165) is 43.4 Å². The summed E-state index contributed by atoms with van der Waals surface area (Å²) in [4.78, 5) is 13.0. The van der Waals surface area contributed by atoms with Crippen LogP contribution in [-0.4, -0.2) is 26.3 Å². The summed E-state index contributed by atoms with van der Waals surface area (Å²) in [6, 6.07) is 16.4. The molecule has 7 heteroatoms. The first kappa shape index (κ1) is 22.3. The summed E-state index contributed by atoms with van der Waals surface area (Å²) in [5.41, 5.74) is 8.53. The number of nitrogens with one attached hydrogen (secondary N) is 1. The van der Waals surface area contributed by atoms with Gasteiger partial charge in [0.1, 0.15) is 0 Å². The van der Waals surface area contributed by atoms with Crippen molar-refractivity contribution >= 4 is 39.7 Å². The highest BCUT2D eigenvalue weighted by atomic mass is 32.2. The van der Waals surface area contributed by atoms with Crippen LogP contribution in [0.25, 0.3) is 5.69 Å². The van der Waals surface area contributed by atoms with Gasteiger partial charge in [-0.3, -0.25) is 4.79 Å². The van der Waals surface area contributed by atoms with Crippen LogP contribution in [0.15, 0.2) is 52.9 Å². The summed E-state index contributed by atoms with van der Waals surface area (Å²) in [6.45, 7) is 10.3. The molecular formula is C25H26N4OS2. The van der Waals surface area contributed by atoms with Crippen molar-refractivity contribution in [3.05, 3.63) is 82.2 Å². The third-order valence-electron chi connectivity index (χ3n) is 5.60. The topological polar surface area (TPSA) is 59.8 Å². The second-order valence-electron chi connectivity index (χ2n) is 7.91. The third kappa shape index (κ3) is 4.64. The maximum absolute atomic E-state index is 13.0. The normalized spacial score (nSPS) is 11.0. The molecule has 2 aromatic carbocycles. The van der Waals surface area contributed by atoms with E-state index in [2.05, 4.69) is 52.1 Å². The SMILES string of the molecule is Cc1ccc(-n2c(C)cc(C(=O)CSc3nnc(Nc4ccccc4C)s3)c2C)cc1C. The highest BCUT2D eigenvalue weighted by Crippen LogP contribution is 2.30. The zero-order valence-corrected chi connectivity index (χ0v) is 20.5. The van der Waals surface area contributed by atoms with E-state index >= 15 is 0 Å². The lowest BCUT2D eigenvalue weighted by Crippen LogP contribution is -2.05. The predicted molar refractivity (Wildman–Crippen MR) is 134 cm³/mol. The lowest BCUT2D eigenvalue weighted by Gasteiger charge is -2.12. The monoisotopic (exact) mass is 462 g/mol. The molecule has 0 saturated heterocycles. The first-order valence-electron chi connectivity index (χ1n) is 10.4. The number of para-hydroxylation sites is 1. The number of hydrogen-bond donors (Lipinski definition) is 1. The first-order chi connectivity index (χ1) is 15.3. The Morgan fingerprint density at radius 3 is 2.50 bits per heavy atom. The molecule has 4 rings (SSSR count). The fourth-order valence-electron chi connectivity index (χ4n) is 3.66. The molecule has 0 aliphatic carbocycles. The summed E-state index contributed by atoms with van der Waals surface area (Å²) in [6.07, 6.45) is 0. The number of benzene rings is 2. The number of Topliss-reactive ketones (excluding diaryl/α,β-unsaturated/α-hetero) is 1. The van der Waals surface area contributed by atoms with Gasteiger partial charge in [0.05, 0.1) is 5.75 Å². The highest BCUT2D eigenvalue weighted by Gasteiger charge is 2.18. The van der Waals surface area contributed by atoms with Gasteiger partial charge in [-0.1, -0.05) is 47.4 Å². The van der Waals surface area contributed by atoms with Crippen molar-refractivity contribution in [1.29, 1.82) is 0 Å². The molecule has 0 amide bonds. The summed E-state index contributed by atoms with van der Waals surface area (Å²) in [7, 11) is 0. The summed E-state index contributed by atoms with van der Waals surface area (Å²) < 4.78 is 2.93. The van der Waals surface area contributed by atoms with E-state index in [4.69, 9.17) is 0 Å². The molecule has 0 unspecified atom stereocenters. The summed E-state index contributed by atoms with van der Waals surface area (Å²) in [5, 5.41) is 12.5. The van der Waals surface area contributed by atoms with Gasteiger partial charge in [0.2, 0.25) is 5.13 Å². The van der Waals surface area contributed by atoms with Gasteiger partial charge < -0.3 is 9.88 Å². The van der Waals surface area contributed by atoms with E-state index in [1.807, 2.05) is 51.1 Å². The third-order valence-corrected chi connectivity index (χ3v) is 7.57. The van der Waals surface area contributed by atoms with Crippen LogP contribution in [0, 0.1) is 34.6 Å². The number of thioether (sulfide) groups is 1. The Morgan fingerprint density at radius 1 is 0.969 bits per heavy atom. The van der Waals surface area contributed by atoms with Crippen LogP contribution in [0.2, 0.25) is 0 Å². The molecule has 0 fully saturated rings. The van der Waals surface area contributed by atoms with E-state index in [-0.39, 0.29) is 5.78 Å². The quantitative estimate of drug-likeness (QED) is 0.248. The average Bonchev–Trinajstić information content (AvgIpc) is 3.33. The van der Waals surface area contributed by atoms with Crippen LogP contribution >= 0.6 is 23.1 Å². The highest BCUT2D eigenvalue weighted by molar-refractivity contribution is 8.01. The molecule has 2 heterocycles. The van der Waals surface area contributed by atoms with E-state index in [9.17, 15) is 4.79 Å². The minimum absolute atomic E-state index is 0.0989. The molecular weight excluding hydrogens is 436 g/mol. The van der Waals surface area contributed by atoms with Crippen molar-refractivity contribution in [2.24, 2.45) is 0 Å². The molecule has 4 aromatic rings. The van der Waals surface area contributed by atoms with Crippen molar-refractivity contribution in [1.82, 2.24) is 14.8 Å². The van der Waals surface area contributed by atoms with Crippen LogP contribution in [0.5, 0.6) is 0 Å². The minimum atomic E-state index is 0.0989. The van der Waals surface area contributed by atoms with Crippen LogP contribution in [0.3, 0.4) is 0 Å².